The summed E-state index contributed by atoms with van der Waals surface area (Å²) in [5.41, 5.74) is 1.15. The van der Waals surface area contributed by atoms with Crippen LogP contribution in [0.25, 0.3) is 0 Å². The van der Waals surface area contributed by atoms with Gasteiger partial charge in [-0.2, -0.15) is 0 Å². The predicted octanol–water partition coefficient (Wildman–Crippen LogP) is 4.36. The van der Waals surface area contributed by atoms with Gasteiger partial charge in [-0.25, -0.2) is 8.78 Å². The minimum Gasteiger partial charge on any atom is -0.365 e. The molecule has 0 radical (unpaired) electrons. The van der Waals surface area contributed by atoms with E-state index in [1.54, 1.807) is 49.2 Å². The van der Waals surface area contributed by atoms with Crippen molar-refractivity contribution in [3.63, 3.8) is 0 Å². The largest absolute Gasteiger partial charge is 0.365 e. The second-order valence-electron chi connectivity index (χ2n) is 5.03. The van der Waals surface area contributed by atoms with Gasteiger partial charge < -0.3 is 4.90 Å². The average molecular weight is 289 g/mol. The van der Waals surface area contributed by atoms with Crippen LogP contribution in [0, 0.1) is 11.6 Å². The molecule has 2 nitrogen and oxygen atoms in total. The van der Waals surface area contributed by atoms with Crippen LogP contribution in [-0.4, -0.2) is 12.8 Å². The summed E-state index contributed by atoms with van der Waals surface area (Å²) in [6.45, 7) is 3.19. The van der Waals surface area contributed by atoms with Crippen LogP contribution in [0.4, 0.5) is 14.5 Å². The number of hydrogen-bond donors (Lipinski definition) is 0. The number of Topliss-reactive ketones (excluding diaryl/α,β-unsaturated/α-hetero) is 1. The molecule has 0 spiro atoms. The zero-order valence-electron chi connectivity index (χ0n) is 12.2. The first-order chi connectivity index (χ1) is 9.91. The Morgan fingerprint density at radius 1 is 1.10 bits per heavy atom. The van der Waals surface area contributed by atoms with Crippen molar-refractivity contribution >= 4 is 11.5 Å². The molecule has 0 aliphatic rings. The van der Waals surface area contributed by atoms with Crippen LogP contribution in [0.1, 0.15) is 35.8 Å². The Kier molecular flexibility index (Phi) is 4.36. The van der Waals surface area contributed by atoms with E-state index in [2.05, 4.69) is 0 Å². The monoisotopic (exact) mass is 289 g/mol. The van der Waals surface area contributed by atoms with Crippen LogP contribution < -0.4 is 4.90 Å². The number of anilines is 1. The summed E-state index contributed by atoms with van der Waals surface area (Å²) in [4.78, 5) is 12.9. The van der Waals surface area contributed by atoms with Gasteiger partial charge >= 0.3 is 0 Å². The Balaban J connectivity index is 2.34. The van der Waals surface area contributed by atoms with E-state index >= 15 is 0 Å². The Labute approximate surface area is 123 Å². The van der Waals surface area contributed by atoms with E-state index in [1.165, 1.54) is 19.1 Å². The number of hydrogen-bond acceptors (Lipinski definition) is 2. The summed E-state index contributed by atoms with van der Waals surface area (Å²) in [6.07, 6.45) is 0. The van der Waals surface area contributed by atoms with Gasteiger partial charge in [-0.15, -0.1) is 0 Å². The minimum absolute atomic E-state index is 0.190. The summed E-state index contributed by atoms with van der Waals surface area (Å²) < 4.78 is 28.0. The molecule has 0 saturated carbocycles. The third-order valence-electron chi connectivity index (χ3n) is 3.67. The summed E-state index contributed by atoms with van der Waals surface area (Å²) in [5, 5.41) is 0. The summed E-state index contributed by atoms with van der Waals surface area (Å²) in [7, 11) is 1.70. The smallest absolute Gasteiger partial charge is 0.159 e. The van der Waals surface area contributed by atoms with E-state index < -0.39 is 5.82 Å². The van der Waals surface area contributed by atoms with E-state index in [-0.39, 0.29) is 17.6 Å². The van der Waals surface area contributed by atoms with Crippen LogP contribution >= 0.6 is 0 Å². The van der Waals surface area contributed by atoms with Gasteiger partial charge in [0.2, 0.25) is 0 Å². The molecule has 0 aliphatic carbocycles. The van der Waals surface area contributed by atoms with Crippen molar-refractivity contribution in [1.29, 1.82) is 0 Å². The molecule has 0 amide bonds. The molecule has 0 N–H and O–H groups in total. The van der Waals surface area contributed by atoms with Crippen molar-refractivity contribution in [2.24, 2.45) is 0 Å². The molecule has 21 heavy (non-hydrogen) atoms. The third-order valence-corrected chi connectivity index (χ3v) is 3.67. The molecule has 0 bridgehead atoms. The maximum Gasteiger partial charge on any atom is 0.159 e. The van der Waals surface area contributed by atoms with E-state index in [1.807, 2.05) is 0 Å². The maximum atomic E-state index is 14.1. The molecule has 2 aromatic carbocycles. The van der Waals surface area contributed by atoms with Crippen LogP contribution in [0.5, 0.6) is 0 Å². The van der Waals surface area contributed by atoms with E-state index in [0.29, 0.717) is 16.8 Å². The van der Waals surface area contributed by atoms with Gasteiger partial charge in [-0.05, 0) is 38.1 Å². The number of nitrogens with zero attached hydrogens (tertiary/aromatic N) is 1. The highest BCUT2D eigenvalue weighted by Crippen LogP contribution is 2.29. The summed E-state index contributed by atoms with van der Waals surface area (Å²) in [6, 6.07) is 10.4. The first kappa shape index (κ1) is 15.2. The van der Waals surface area contributed by atoms with Crippen LogP contribution in [0.2, 0.25) is 0 Å². The van der Waals surface area contributed by atoms with E-state index in [9.17, 15) is 13.6 Å². The van der Waals surface area contributed by atoms with Crippen molar-refractivity contribution < 1.29 is 13.6 Å². The number of benzene rings is 2. The molecule has 0 heterocycles. The second-order valence-corrected chi connectivity index (χ2v) is 5.03. The number of halogens is 2. The fourth-order valence-electron chi connectivity index (χ4n) is 2.24. The van der Waals surface area contributed by atoms with Gasteiger partial charge in [0.15, 0.2) is 5.78 Å². The first-order valence-electron chi connectivity index (χ1n) is 6.69. The third kappa shape index (κ3) is 3.10. The highest BCUT2D eigenvalue weighted by atomic mass is 19.1. The van der Waals surface area contributed by atoms with Crippen LogP contribution in [0.3, 0.4) is 0 Å². The quantitative estimate of drug-likeness (QED) is 0.779. The van der Waals surface area contributed by atoms with Gasteiger partial charge in [-0.1, -0.05) is 18.2 Å². The number of carbonyl (C=O) groups is 1. The van der Waals surface area contributed by atoms with Crippen LogP contribution in [0.15, 0.2) is 42.5 Å². The van der Waals surface area contributed by atoms with Gasteiger partial charge in [0.05, 0.1) is 11.7 Å². The van der Waals surface area contributed by atoms with Crippen molar-refractivity contribution in [2.75, 3.05) is 11.9 Å². The topological polar surface area (TPSA) is 20.3 Å². The molecule has 0 saturated heterocycles. The lowest BCUT2D eigenvalue weighted by atomic mass is 10.0. The van der Waals surface area contributed by atoms with Crippen molar-refractivity contribution in [2.45, 2.75) is 19.9 Å². The zero-order valence-corrected chi connectivity index (χ0v) is 12.2. The van der Waals surface area contributed by atoms with Gasteiger partial charge in [0.1, 0.15) is 11.6 Å². The molecule has 0 aromatic heterocycles. The molecule has 2 aromatic rings. The minimum atomic E-state index is -0.492. The van der Waals surface area contributed by atoms with Crippen LogP contribution in [-0.2, 0) is 0 Å². The SMILES string of the molecule is CC(=O)c1ccc(N(C)C(C)c2ccccc2F)c(F)c1. The lowest BCUT2D eigenvalue weighted by Gasteiger charge is -2.28. The molecule has 0 fully saturated rings. The number of ketones is 1. The molecular weight excluding hydrogens is 272 g/mol. The number of rotatable bonds is 4. The Morgan fingerprint density at radius 3 is 2.33 bits per heavy atom. The molecule has 1 atom stereocenters. The summed E-state index contributed by atoms with van der Waals surface area (Å²) >= 11 is 0. The fourth-order valence-corrected chi connectivity index (χ4v) is 2.24. The van der Waals surface area contributed by atoms with Crippen molar-refractivity contribution in [3.05, 3.63) is 65.2 Å². The first-order valence-corrected chi connectivity index (χ1v) is 6.69. The van der Waals surface area contributed by atoms with Crippen molar-refractivity contribution in [1.82, 2.24) is 0 Å². The fraction of sp³-hybridized carbons (Fsp3) is 0.235. The Morgan fingerprint density at radius 2 is 1.76 bits per heavy atom. The molecule has 110 valence electrons. The average Bonchev–Trinajstić information content (AvgIpc) is 2.46. The normalized spacial score (nSPS) is 12.0. The van der Waals surface area contributed by atoms with Crippen molar-refractivity contribution in [3.8, 4) is 0 Å². The zero-order chi connectivity index (χ0) is 15.6. The predicted molar refractivity (Wildman–Crippen MR) is 79.6 cm³/mol. The second kappa shape index (κ2) is 6.04. The van der Waals surface area contributed by atoms with E-state index in [0.717, 1.165) is 0 Å². The lowest BCUT2D eigenvalue weighted by Crippen LogP contribution is -2.23. The van der Waals surface area contributed by atoms with Gasteiger partial charge in [-0.3, -0.25) is 4.79 Å². The standard InChI is InChI=1S/C17H17F2NO/c1-11(14-6-4-5-7-15(14)18)20(3)17-9-8-13(12(2)21)10-16(17)19/h4-11H,1-3H3. The summed E-state index contributed by atoms with van der Waals surface area (Å²) in [5.74, 6) is -1.00. The molecule has 0 aliphatic heterocycles. The maximum absolute atomic E-state index is 14.1. The molecular formula is C17H17F2NO. The highest BCUT2D eigenvalue weighted by Gasteiger charge is 2.18. The lowest BCUT2D eigenvalue weighted by molar-refractivity contribution is 0.101. The Hall–Kier alpha value is -2.23. The van der Waals surface area contributed by atoms with E-state index in [4.69, 9.17) is 0 Å². The molecule has 1 unspecified atom stereocenters. The van der Waals surface area contributed by atoms with Gasteiger partial charge in [0, 0.05) is 18.2 Å². The Bertz CT molecular complexity index is 670. The van der Waals surface area contributed by atoms with Gasteiger partial charge in [0.25, 0.3) is 0 Å². The molecule has 2 rings (SSSR count). The number of carbonyl (C=O) groups excluding carboxylic acids is 1. The molecule has 4 heteroatoms. The highest BCUT2D eigenvalue weighted by molar-refractivity contribution is 5.94.